The lowest BCUT2D eigenvalue weighted by Gasteiger charge is -2.14. The number of ether oxygens (including phenoxy) is 2. The molecule has 2 aromatic rings. The van der Waals surface area contributed by atoms with Crippen LogP contribution in [0.25, 0.3) is 0 Å². The highest BCUT2D eigenvalue weighted by molar-refractivity contribution is 5.89. The lowest BCUT2D eigenvalue weighted by atomic mass is 10.1. The highest BCUT2D eigenvalue weighted by Crippen LogP contribution is 2.35. The molecule has 0 aliphatic heterocycles. The van der Waals surface area contributed by atoms with Gasteiger partial charge in [-0.05, 0) is 60.7 Å². The fourth-order valence-corrected chi connectivity index (χ4v) is 2.92. The van der Waals surface area contributed by atoms with E-state index in [0.717, 1.165) is 36.1 Å². The van der Waals surface area contributed by atoms with E-state index in [1.807, 2.05) is 12.1 Å². The van der Waals surface area contributed by atoms with E-state index in [4.69, 9.17) is 9.47 Å². The van der Waals surface area contributed by atoms with Crippen LogP contribution in [-0.4, -0.2) is 12.6 Å². The van der Waals surface area contributed by atoms with Crippen LogP contribution in [0.15, 0.2) is 36.4 Å². The van der Waals surface area contributed by atoms with Gasteiger partial charge in [0.25, 0.3) is 0 Å². The minimum Gasteiger partial charge on any atom is -0.462 e. The molecule has 1 atom stereocenters. The van der Waals surface area contributed by atoms with Gasteiger partial charge in [-0.1, -0.05) is 12.1 Å². The van der Waals surface area contributed by atoms with Gasteiger partial charge < -0.3 is 9.47 Å². The van der Waals surface area contributed by atoms with E-state index in [0.29, 0.717) is 17.7 Å². The van der Waals surface area contributed by atoms with Gasteiger partial charge in [-0.15, -0.1) is 0 Å². The molecule has 0 spiro atoms. The average Bonchev–Trinajstić information content (AvgIpc) is 2.98. The first-order valence-electron chi connectivity index (χ1n) is 7.94. The molecule has 5 heteroatoms. The number of benzene rings is 2. The van der Waals surface area contributed by atoms with Crippen molar-refractivity contribution in [2.75, 3.05) is 6.61 Å². The zero-order valence-electron chi connectivity index (χ0n) is 13.4. The van der Waals surface area contributed by atoms with Gasteiger partial charge in [-0.25, -0.2) is 13.6 Å². The van der Waals surface area contributed by atoms with Gasteiger partial charge in [0, 0.05) is 0 Å². The third-order valence-electron chi connectivity index (χ3n) is 4.11. The second-order valence-electron chi connectivity index (χ2n) is 5.72. The van der Waals surface area contributed by atoms with Crippen LogP contribution >= 0.6 is 0 Å². The van der Waals surface area contributed by atoms with Crippen molar-refractivity contribution in [2.24, 2.45) is 0 Å². The molecule has 0 bridgehead atoms. The van der Waals surface area contributed by atoms with E-state index in [-0.39, 0.29) is 18.7 Å². The Balaban J connectivity index is 1.68. The minimum atomic E-state index is -0.873. The van der Waals surface area contributed by atoms with E-state index >= 15 is 0 Å². The lowest BCUT2D eigenvalue weighted by Crippen LogP contribution is -2.06. The van der Waals surface area contributed by atoms with Gasteiger partial charge in [0.1, 0.15) is 0 Å². The zero-order chi connectivity index (χ0) is 17.1. The van der Waals surface area contributed by atoms with Crippen LogP contribution in [0.2, 0.25) is 0 Å². The predicted octanol–water partition coefficient (Wildman–Crippen LogP) is 4.35. The molecular formula is C19H18F2O3. The van der Waals surface area contributed by atoms with Crippen molar-refractivity contribution in [1.82, 2.24) is 0 Å². The number of esters is 1. The second kappa shape index (κ2) is 7.09. The summed E-state index contributed by atoms with van der Waals surface area (Å²) in [5.74, 6) is -2.06. The Morgan fingerprint density at radius 1 is 1.17 bits per heavy atom. The monoisotopic (exact) mass is 332 g/mol. The zero-order valence-corrected chi connectivity index (χ0v) is 13.4. The van der Waals surface area contributed by atoms with Crippen molar-refractivity contribution in [3.8, 4) is 0 Å². The van der Waals surface area contributed by atoms with E-state index in [9.17, 15) is 13.6 Å². The lowest BCUT2D eigenvalue weighted by molar-refractivity contribution is 0.0408. The number of aryl methyl sites for hydroxylation is 1. The van der Waals surface area contributed by atoms with Crippen molar-refractivity contribution >= 4 is 5.97 Å². The molecule has 0 saturated heterocycles. The fraction of sp³-hybridized carbons (Fsp3) is 0.316. The highest BCUT2D eigenvalue weighted by Gasteiger charge is 2.24. The SMILES string of the molecule is CCOC(=O)c1ccc2c(c1)CCC2OCc1ccc(F)c(F)c1. The number of carbonyl (C=O) groups is 1. The maximum absolute atomic E-state index is 13.2. The van der Waals surface area contributed by atoms with Crippen molar-refractivity contribution in [1.29, 1.82) is 0 Å². The molecule has 3 nitrogen and oxygen atoms in total. The summed E-state index contributed by atoms with van der Waals surface area (Å²) in [6.07, 6.45) is 1.50. The third-order valence-corrected chi connectivity index (χ3v) is 4.11. The fourth-order valence-electron chi connectivity index (χ4n) is 2.92. The predicted molar refractivity (Wildman–Crippen MR) is 84.6 cm³/mol. The highest BCUT2D eigenvalue weighted by atomic mass is 19.2. The first-order valence-corrected chi connectivity index (χ1v) is 7.94. The summed E-state index contributed by atoms with van der Waals surface area (Å²) in [6.45, 7) is 2.32. The maximum Gasteiger partial charge on any atom is 0.338 e. The molecule has 0 fully saturated rings. The number of carbonyl (C=O) groups excluding carboxylic acids is 1. The topological polar surface area (TPSA) is 35.5 Å². The third kappa shape index (κ3) is 3.46. The molecule has 126 valence electrons. The Morgan fingerprint density at radius 2 is 2.00 bits per heavy atom. The first-order chi connectivity index (χ1) is 11.6. The number of fused-ring (bicyclic) bond motifs is 1. The van der Waals surface area contributed by atoms with Crippen LogP contribution in [-0.2, 0) is 22.5 Å². The number of rotatable bonds is 5. The van der Waals surface area contributed by atoms with Gasteiger partial charge in [0.15, 0.2) is 11.6 Å². The number of hydrogen-bond donors (Lipinski definition) is 0. The number of halogens is 2. The van der Waals surface area contributed by atoms with Gasteiger partial charge in [-0.3, -0.25) is 0 Å². The van der Waals surface area contributed by atoms with Crippen molar-refractivity contribution in [3.05, 3.63) is 70.3 Å². The number of hydrogen-bond acceptors (Lipinski definition) is 3. The Hall–Kier alpha value is -2.27. The van der Waals surface area contributed by atoms with Gasteiger partial charge in [-0.2, -0.15) is 0 Å². The van der Waals surface area contributed by atoms with Crippen LogP contribution in [0, 0.1) is 11.6 Å². The molecule has 24 heavy (non-hydrogen) atoms. The van der Waals surface area contributed by atoms with E-state index in [2.05, 4.69) is 0 Å². The maximum atomic E-state index is 13.2. The molecule has 0 saturated carbocycles. The minimum absolute atomic E-state index is 0.107. The van der Waals surface area contributed by atoms with Crippen LogP contribution in [0.3, 0.4) is 0 Å². The average molecular weight is 332 g/mol. The molecular weight excluding hydrogens is 314 g/mol. The summed E-state index contributed by atoms with van der Waals surface area (Å²) < 4.78 is 37.0. The van der Waals surface area contributed by atoms with Gasteiger partial charge in [0.2, 0.25) is 0 Å². The molecule has 0 radical (unpaired) electrons. The summed E-state index contributed by atoms with van der Waals surface area (Å²) >= 11 is 0. The Labute approximate surface area is 139 Å². The summed E-state index contributed by atoms with van der Waals surface area (Å²) in [4.78, 5) is 11.8. The van der Waals surface area contributed by atoms with Crippen molar-refractivity contribution in [2.45, 2.75) is 32.5 Å². The summed E-state index contributed by atoms with van der Waals surface area (Å²) in [7, 11) is 0. The summed E-state index contributed by atoms with van der Waals surface area (Å²) in [5, 5.41) is 0. The van der Waals surface area contributed by atoms with Crippen LogP contribution in [0.1, 0.15) is 46.5 Å². The standard InChI is InChI=1S/C19H18F2O3/c1-2-23-19(22)14-4-6-15-13(10-14)5-8-18(15)24-11-12-3-7-16(20)17(21)9-12/h3-4,6-7,9-10,18H,2,5,8,11H2,1H3. The van der Waals surface area contributed by atoms with Crippen molar-refractivity contribution in [3.63, 3.8) is 0 Å². The van der Waals surface area contributed by atoms with E-state index in [1.54, 1.807) is 13.0 Å². The van der Waals surface area contributed by atoms with Crippen LogP contribution < -0.4 is 0 Å². The summed E-state index contributed by atoms with van der Waals surface area (Å²) in [6, 6.07) is 9.21. The smallest absolute Gasteiger partial charge is 0.338 e. The quantitative estimate of drug-likeness (QED) is 0.764. The normalized spacial score (nSPS) is 16.0. The van der Waals surface area contributed by atoms with Crippen molar-refractivity contribution < 1.29 is 23.0 Å². The molecule has 0 heterocycles. The van der Waals surface area contributed by atoms with E-state index in [1.165, 1.54) is 6.07 Å². The molecule has 1 aliphatic carbocycles. The summed E-state index contributed by atoms with van der Waals surface area (Å²) in [5.41, 5.74) is 3.23. The van der Waals surface area contributed by atoms with Crippen LogP contribution in [0.5, 0.6) is 0 Å². The molecule has 3 rings (SSSR count). The largest absolute Gasteiger partial charge is 0.462 e. The Kier molecular flexibility index (Phi) is 4.90. The Morgan fingerprint density at radius 3 is 2.75 bits per heavy atom. The molecule has 1 unspecified atom stereocenters. The van der Waals surface area contributed by atoms with Gasteiger partial charge in [0.05, 0.1) is 24.9 Å². The molecule has 0 aromatic heterocycles. The molecule has 0 N–H and O–H groups in total. The molecule has 1 aliphatic rings. The molecule has 2 aromatic carbocycles. The van der Waals surface area contributed by atoms with E-state index < -0.39 is 11.6 Å². The van der Waals surface area contributed by atoms with Gasteiger partial charge >= 0.3 is 5.97 Å². The molecule has 0 amide bonds. The second-order valence-corrected chi connectivity index (χ2v) is 5.72. The van der Waals surface area contributed by atoms with Crippen LogP contribution in [0.4, 0.5) is 8.78 Å². The Bertz CT molecular complexity index is 758. The first kappa shape index (κ1) is 16.6.